The maximum atomic E-state index is 11.3. The SMILES string of the molecule is C#CCNC(=O)C(C)NCCCCOC. The molecule has 0 aromatic rings. The van der Waals surface area contributed by atoms with Crippen molar-refractivity contribution in [2.45, 2.75) is 25.8 Å². The standard InChI is InChI=1S/C11H20N2O2/c1-4-7-13-11(14)10(2)12-8-5-6-9-15-3/h1,10,12H,5-9H2,2-3H3,(H,13,14). The first-order chi connectivity index (χ1) is 7.22. The summed E-state index contributed by atoms with van der Waals surface area (Å²) in [5.74, 6) is 2.31. The van der Waals surface area contributed by atoms with Gasteiger partial charge < -0.3 is 15.4 Å². The van der Waals surface area contributed by atoms with Gasteiger partial charge in [0.1, 0.15) is 0 Å². The molecule has 0 heterocycles. The number of unbranched alkanes of at least 4 members (excludes halogenated alkanes) is 1. The van der Waals surface area contributed by atoms with Crippen LogP contribution in [0.2, 0.25) is 0 Å². The van der Waals surface area contributed by atoms with Crippen LogP contribution < -0.4 is 10.6 Å². The van der Waals surface area contributed by atoms with Crippen molar-refractivity contribution in [1.82, 2.24) is 10.6 Å². The summed E-state index contributed by atoms with van der Waals surface area (Å²) in [6, 6.07) is -0.194. The molecule has 4 nitrogen and oxygen atoms in total. The molecule has 1 unspecified atom stereocenters. The van der Waals surface area contributed by atoms with Gasteiger partial charge in [-0.2, -0.15) is 0 Å². The molecule has 1 atom stereocenters. The first-order valence-electron chi connectivity index (χ1n) is 5.16. The number of amides is 1. The second kappa shape index (κ2) is 9.50. The lowest BCUT2D eigenvalue weighted by Gasteiger charge is -2.12. The van der Waals surface area contributed by atoms with Gasteiger partial charge in [-0.1, -0.05) is 5.92 Å². The Kier molecular flexibility index (Phi) is 8.84. The maximum Gasteiger partial charge on any atom is 0.237 e. The molecule has 0 fully saturated rings. The normalized spacial score (nSPS) is 11.8. The highest BCUT2D eigenvalue weighted by Crippen LogP contribution is 1.89. The summed E-state index contributed by atoms with van der Waals surface area (Å²) in [5, 5.41) is 5.74. The lowest BCUT2D eigenvalue weighted by Crippen LogP contribution is -2.42. The van der Waals surface area contributed by atoms with Gasteiger partial charge in [0, 0.05) is 13.7 Å². The van der Waals surface area contributed by atoms with Crippen LogP contribution in [0, 0.1) is 12.3 Å². The molecule has 0 rings (SSSR count). The molecule has 0 bridgehead atoms. The van der Waals surface area contributed by atoms with E-state index in [4.69, 9.17) is 11.2 Å². The molecule has 0 spiro atoms. The van der Waals surface area contributed by atoms with Crippen LogP contribution in [-0.4, -0.2) is 38.8 Å². The van der Waals surface area contributed by atoms with Crippen LogP contribution in [0.5, 0.6) is 0 Å². The fourth-order valence-electron chi connectivity index (χ4n) is 1.07. The van der Waals surface area contributed by atoms with Crippen molar-refractivity contribution in [1.29, 1.82) is 0 Å². The predicted molar refractivity (Wildman–Crippen MR) is 60.4 cm³/mol. The number of terminal acetylenes is 1. The summed E-state index contributed by atoms with van der Waals surface area (Å²) in [6.45, 7) is 3.68. The van der Waals surface area contributed by atoms with Gasteiger partial charge in [0.05, 0.1) is 12.6 Å². The third-order valence-corrected chi connectivity index (χ3v) is 1.98. The second-order valence-corrected chi connectivity index (χ2v) is 3.30. The molecule has 0 radical (unpaired) electrons. The zero-order valence-electron chi connectivity index (χ0n) is 9.51. The summed E-state index contributed by atoms with van der Waals surface area (Å²) in [4.78, 5) is 11.3. The number of ether oxygens (including phenoxy) is 1. The minimum atomic E-state index is -0.194. The summed E-state index contributed by atoms with van der Waals surface area (Å²) in [6.07, 6.45) is 7.04. The van der Waals surface area contributed by atoms with Crippen LogP contribution in [0.4, 0.5) is 0 Å². The number of methoxy groups -OCH3 is 1. The number of hydrogen-bond acceptors (Lipinski definition) is 3. The molecule has 0 aliphatic rings. The van der Waals surface area contributed by atoms with E-state index in [9.17, 15) is 4.79 Å². The average molecular weight is 212 g/mol. The molecular formula is C11H20N2O2. The molecule has 15 heavy (non-hydrogen) atoms. The summed E-state index contributed by atoms with van der Waals surface area (Å²) in [7, 11) is 1.68. The van der Waals surface area contributed by atoms with Crippen molar-refractivity contribution >= 4 is 5.91 Å². The Balaban J connectivity index is 3.43. The van der Waals surface area contributed by atoms with Crippen molar-refractivity contribution < 1.29 is 9.53 Å². The third-order valence-electron chi connectivity index (χ3n) is 1.98. The van der Waals surface area contributed by atoms with Crippen LogP contribution >= 0.6 is 0 Å². The Morgan fingerprint density at radius 1 is 1.53 bits per heavy atom. The van der Waals surface area contributed by atoms with Gasteiger partial charge >= 0.3 is 0 Å². The first-order valence-corrected chi connectivity index (χ1v) is 5.16. The monoisotopic (exact) mass is 212 g/mol. The zero-order valence-corrected chi connectivity index (χ0v) is 9.51. The minimum Gasteiger partial charge on any atom is -0.385 e. The van der Waals surface area contributed by atoms with Crippen LogP contribution in [0.15, 0.2) is 0 Å². The molecule has 2 N–H and O–H groups in total. The van der Waals surface area contributed by atoms with Crippen molar-refractivity contribution in [2.75, 3.05) is 26.8 Å². The lowest BCUT2D eigenvalue weighted by atomic mass is 10.2. The molecule has 1 amide bonds. The third kappa shape index (κ3) is 7.98. The van der Waals surface area contributed by atoms with Crippen LogP contribution in [0.25, 0.3) is 0 Å². The summed E-state index contributed by atoms with van der Waals surface area (Å²) < 4.78 is 4.92. The predicted octanol–water partition coefficient (Wildman–Crippen LogP) is 0.140. The van der Waals surface area contributed by atoms with Crippen molar-refractivity contribution in [3.8, 4) is 12.3 Å². The van der Waals surface area contributed by atoms with Gasteiger partial charge in [0.15, 0.2) is 0 Å². The van der Waals surface area contributed by atoms with E-state index in [1.54, 1.807) is 7.11 Å². The first kappa shape index (κ1) is 13.9. The number of hydrogen-bond donors (Lipinski definition) is 2. The van der Waals surface area contributed by atoms with Gasteiger partial charge in [-0.05, 0) is 26.3 Å². The Morgan fingerprint density at radius 3 is 2.87 bits per heavy atom. The van der Waals surface area contributed by atoms with Crippen molar-refractivity contribution in [2.24, 2.45) is 0 Å². The molecular weight excluding hydrogens is 192 g/mol. The molecule has 4 heteroatoms. The average Bonchev–Trinajstić information content (AvgIpc) is 2.25. The molecule has 86 valence electrons. The maximum absolute atomic E-state index is 11.3. The van der Waals surface area contributed by atoms with E-state index in [1.165, 1.54) is 0 Å². The fraction of sp³-hybridized carbons (Fsp3) is 0.727. The smallest absolute Gasteiger partial charge is 0.237 e. The second-order valence-electron chi connectivity index (χ2n) is 3.30. The number of carbonyl (C=O) groups is 1. The Labute approximate surface area is 91.8 Å². The molecule has 0 aliphatic carbocycles. The molecule has 0 aromatic carbocycles. The topological polar surface area (TPSA) is 50.4 Å². The van der Waals surface area contributed by atoms with Crippen molar-refractivity contribution in [3.63, 3.8) is 0 Å². The van der Waals surface area contributed by atoms with Crippen molar-refractivity contribution in [3.05, 3.63) is 0 Å². The van der Waals surface area contributed by atoms with Gasteiger partial charge in [0.25, 0.3) is 0 Å². The highest BCUT2D eigenvalue weighted by molar-refractivity contribution is 5.81. The van der Waals surface area contributed by atoms with E-state index >= 15 is 0 Å². The highest BCUT2D eigenvalue weighted by Gasteiger charge is 2.09. The van der Waals surface area contributed by atoms with Crippen LogP contribution in [0.1, 0.15) is 19.8 Å². The van der Waals surface area contributed by atoms with Gasteiger partial charge in [0.2, 0.25) is 5.91 Å². The summed E-state index contributed by atoms with van der Waals surface area (Å²) in [5.41, 5.74) is 0. The van der Waals surface area contributed by atoms with Gasteiger partial charge in [-0.3, -0.25) is 4.79 Å². The van der Waals surface area contributed by atoms with Gasteiger partial charge in [-0.15, -0.1) is 6.42 Å². The molecule has 0 aromatic heterocycles. The van der Waals surface area contributed by atoms with Crippen LogP contribution in [-0.2, 0) is 9.53 Å². The van der Waals surface area contributed by atoms with E-state index in [-0.39, 0.29) is 18.5 Å². The number of rotatable bonds is 8. The zero-order chi connectivity index (χ0) is 11.5. The Bertz CT molecular complexity index is 211. The molecule has 0 saturated heterocycles. The Hall–Kier alpha value is -1.05. The van der Waals surface area contributed by atoms with E-state index in [2.05, 4.69) is 16.6 Å². The quantitative estimate of drug-likeness (QED) is 0.444. The summed E-state index contributed by atoms with van der Waals surface area (Å²) >= 11 is 0. The molecule has 0 saturated carbocycles. The van der Waals surface area contributed by atoms with E-state index in [0.29, 0.717) is 0 Å². The van der Waals surface area contributed by atoms with E-state index in [1.807, 2.05) is 6.92 Å². The van der Waals surface area contributed by atoms with Crippen LogP contribution in [0.3, 0.4) is 0 Å². The largest absolute Gasteiger partial charge is 0.385 e. The molecule has 0 aliphatic heterocycles. The lowest BCUT2D eigenvalue weighted by molar-refractivity contribution is -0.122. The number of carbonyl (C=O) groups excluding carboxylic acids is 1. The Morgan fingerprint density at radius 2 is 2.27 bits per heavy atom. The fourth-order valence-corrected chi connectivity index (χ4v) is 1.07. The number of nitrogens with one attached hydrogen (secondary N) is 2. The van der Waals surface area contributed by atoms with Gasteiger partial charge in [-0.25, -0.2) is 0 Å². The highest BCUT2D eigenvalue weighted by atomic mass is 16.5. The van der Waals surface area contributed by atoms with E-state index in [0.717, 1.165) is 26.0 Å². The minimum absolute atomic E-state index is 0.0558. The van der Waals surface area contributed by atoms with E-state index < -0.39 is 0 Å².